The second kappa shape index (κ2) is 4.29. The first kappa shape index (κ1) is 9.30. The van der Waals surface area contributed by atoms with Gasteiger partial charge in [0.25, 0.3) is 0 Å². The predicted molar refractivity (Wildman–Crippen MR) is 47.7 cm³/mol. The topological polar surface area (TPSA) is 26.3 Å². The molecule has 0 bridgehead atoms. The minimum Gasteiger partial charge on any atom is -0.466 e. The van der Waals surface area contributed by atoms with E-state index in [0.717, 1.165) is 0 Å². The molecule has 68 valence electrons. The zero-order valence-corrected chi connectivity index (χ0v) is 7.58. The Morgan fingerprint density at radius 3 is 3.00 bits per heavy atom. The molecule has 1 saturated carbocycles. The molecule has 0 spiro atoms. The van der Waals surface area contributed by atoms with Crippen LogP contribution in [-0.4, -0.2) is 12.6 Å². The summed E-state index contributed by atoms with van der Waals surface area (Å²) < 4.78 is 4.97. The fourth-order valence-corrected chi connectivity index (χ4v) is 1.81. The fraction of sp³-hybridized carbons (Fsp3) is 0.700. The maximum absolute atomic E-state index is 10.5. The van der Waals surface area contributed by atoms with Gasteiger partial charge in [-0.05, 0) is 24.7 Å². The van der Waals surface area contributed by atoms with E-state index in [4.69, 9.17) is 4.74 Å². The van der Waals surface area contributed by atoms with Gasteiger partial charge in [-0.3, -0.25) is 4.79 Å². The molecule has 0 saturated heterocycles. The SMILES string of the molecule is C=C[C@H]1CCC[C@@H]1COC(C)=O. The van der Waals surface area contributed by atoms with Crippen LogP contribution in [0, 0.1) is 11.8 Å². The van der Waals surface area contributed by atoms with Gasteiger partial charge in [-0.1, -0.05) is 12.5 Å². The Hall–Kier alpha value is -0.790. The molecule has 12 heavy (non-hydrogen) atoms. The number of esters is 1. The van der Waals surface area contributed by atoms with Crippen molar-refractivity contribution in [2.45, 2.75) is 26.2 Å². The number of carbonyl (C=O) groups excluding carboxylic acids is 1. The van der Waals surface area contributed by atoms with E-state index in [0.29, 0.717) is 18.4 Å². The first-order valence-corrected chi connectivity index (χ1v) is 4.50. The van der Waals surface area contributed by atoms with Crippen LogP contribution in [0.5, 0.6) is 0 Å². The molecule has 1 aliphatic carbocycles. The van der Waals surface area contributed by atoms with Crippen molar-refractivity contribution in [3.05, 3.63) is 12.7 Å². The highest BCUT2D eigenvalue weighted by atomic mass is 16.5. The van der Waals surface area contributed by atoms with Crippen molar-refractivity contribution in [2.24, 2.45) is 11.8 Å². The highest BCUT2D eigenvalue weighted by molar-refractivity contribution is 5.65. The van der Waals surface area contributed by atoms with Crippen molar-refractivity contribution in [3.63, 3.8) is 0 Å². The van der Waals surface area contributed by atoms with E-state index in [1.807, 2.05) is 6.08 Å². The Morgan fingerprint density at radius 2 is 2.42 bits per heavy atom. The molecule has 0 aromatic carbocycles. The lowest BCUT2D eigenvalue weighted by atomic mass is 9.97. The van der Waals surface area contributed by atoms with Crippen LogP contribution in [0.2, 0.25) is 0 Å². The number of hydrogen-bond donors (Lipinski definition) is 0. The summed E-state index contributed by atoms with van der Waals surface area (Å²) in [5.74, 6) is 0.903. The van der Waals surface area contributed by atoms with Crippen molar-refractivity contribution >= 4 is 5.97 Å². The van der Waals surface area contributed by atoms with Crippen molar-refractivity contribution in [3.8, 4) is 0 Å². The van der Waals surface area contributed by atoms with E-state index in [1.165, 1.54) is 26.2 Å². The summed E-state index contributed by atoms with van der Waals surface area (Å²) >= 11 is 0. The first-order chi connectivity index (χ1) is 5.74. The summed E-state index contributed by atoms with van der Waals surface area (Å²) in [7, 11) is 0. The van der Waals surface area contributed by atoms with Crippen LogP contribution in [0.25, 0.3) is 0 Å². The number of carbonyl (C=O) groups is 1. The molecule has 0 heterocycles. The fourth-order valence-electron chi connectivity index (χ4n) is 1.81. The smallest absolute Gasteiger partial charge is 0.302 e. The van der Waals surface area contributed by atoms with Gasteiger partial charge >= 0.3 is 5.97 Å². The Labute approximate surface area is 73.6 Å². The summed E-state index contributed by atoms with van der Waals surface area (Å²) in [6.07, 6.45) is 5.60. The summed E-state index contributed by atoms with van der Waals surface area (Å²) in [5, 5.41) is 0. The highest BCUT2D eigenvalue weighted by Gasteiger charge is 2.25. The first-order valence-electron chi connectivity index (χ1n) is 4.50. The van der Waals surface area contributed by atoms with E-state index in [2.05, 4.69) is 6.58 Å². The van der Waals surface area contributed by atoms with Crippen LogP contribution in [-0.2, 0) is 9.53 Å². The van der Waals surface area contributed by atoms with Crippen LogP contribution in [0.15, 0.2) is 12.7 Å². The Kier molecular flexibility index (Phi) is 3.32. The van der Waals surface area contributed by atoms with Crippen molar-refractivity contribution in [1.29, 1.82) is 0 Å². The normalized spacial score (nSPS) is 28.4. The molecule has 0 unspecified atom stereocenters. The average Bonchev–Trinajstić information content (AvgIpc) is 2.47. The minimum atomic E-state index is -0.176. The maximum Gasteiger partial charge on any atom is 0.302 e. The van der Waals surface area contributed by atoms with Gasteiger partial charge in [0.1, 0.15) is 0 Å². The van der Waals surface area contributed by atoms with E-state index in [1.54, 1.807) is 0 Å². The van der Waals surface area contributed by atoms with Crippen LogP contribution >= 0.6 is 0 Å². The van der Waals surface area contributed by atoms with Gasteiger partial charge in [0.2, 0.25) is 0 Å². The molecule has 0 aromatic heterocycles. The lowest BCUT2D eigenvalue weighted by Gasteiger charge is -2.14. The van der Waals surface area contributed by atoms with Gasteiger partial charge in [-0.25, -0.2) is 0 Å². The van der Waals surface area contributed by atoms with E-state index in [-0.39, 0.29) is 5.97 Å². The lowest BCUT2D eigenvalue weighted by Crippen LogP contribution is -2.14. The molecule has 2 heteroatoms. The van der Waals surface area contributed by atoms with Gasteiger partial charge in [-0.2, -0.15) is 0 Å². The molecule has 0 aromatic rings. The predicted octanol–water partition coefficient (Wildman–Crippen LogP) is 2.15. The number of rotatable bonds is 3. The van der Waals surface area contributed by atoms with Crippen LogP contribution < -0.4 is 0 Å². The summed E-state index contributed by atoms with van der Waals surface area (Å²) in [6, 6.07) is 0. The van der Waals surface area contributed by atoms with Gasteiger partial charge in [0, 0.05) is 6.92 Å². The maximum atomic E-state index is 10.5. The zero-order chi connectivity index (χ0) is 8.97. The van der Waals surface area contributed by atoms with E-state index < -0.39 is 0 Å². The Bertz CT molecular complexity index is 175. The van der Waals surface area contributed by atoms with Crippen LogP contribution in [0.1, 0.15) is 26.2 Å². The second-order valence-corrected chi connectivity index (χ2v) is 3.39. The lowest BCUT2D eigenvalue weighted by molar-refractivity contribution is -0.142. The third-order valence-corrected chi connectivity index (χ3v) is 2.52. The quantitative estimate of drug-likeness (QED) is 0.477. The molecule has 0 amide bonds. The van der Waals surface area contributed by atoms with Crippen molar-refractivity contribution < 1.29 is 9.53 Å². The minimum absolute atomic E-state index is 0.176. The molecule has 1 rings (SSSR count). The largest absolute Gasteiger partial charge is 0.466 e. The average molecular weight is 168 g/mol. The third-order valence-electron chi connectivity index (χ3n) is 2.52. The van der Waals surface area contributed by atoms with Gasteiger partial charge in [0.05, 0.1) is 6.61 Å². The molecule has 0 N–H and O–H groups in total. The molecule has 2 nitrogen and oxygen atoms in total. The van der Waals surface area contributed by atoms with Crippen LogP contribution in [0.4, 0.5) is 0 Å². The van der Waals surface area contributed by atoms with Crippen molar-refractivity contribution in [2.75, 3.05) is 6.61 Å². The van der Waals surface area contributed by atoms with Crippen LogP contribution in [0.3, 0.4) is 0 Å². The van der Waals surface area contributed by atoms with E-state index >= 15 is 0 Å². The summed E-state index contributed by atoms with van der Waals surface area (Å²) in [5.41, 5.74) is 0. The van der Waals surface area contributed by atoms with Gasteiger partial charge in [0.15, 0.2) is 0 Å². The standard InChI is InChI=1S/C10H16O2/c1-3-9-5-4-6-10(9)7-12-8(2)11/h3,9-10H,1,4-7H2,2H3/t9-,10+/m0/s1. The van der Waals surface area contributed by atoms with Gasteiger partial charge < -0.3 is 4.74 Å². The molecule has 1 fully saturated rings. The summed E-state index contributed by atoms with van der Waals surface area (Å²) in [6.45, 7) is 5.81. The second-order valence-electron chi connectivity index (χ2n) is 3.39. The molecule has 1 aliphatic rings. The summed E-state index contributed by atoms with van der Waals surface area (Å²) in [4.78, 5) is 10.5. The van der Waals surface area contributed by atoms with Crippen molar-refractivity contribution in [1.82, 2.24) is 0 Å². The molecule has 0 aliphatic heterocycles. The number of ether oxygens (including phenoxy) is 1. The third kappa shape index (κ3) is 2.36. The highest BCUT2D eigenvalue weighted by Crippen LogP contribution is 2.32. The monoisotopic (exact) mass is 168 g/mol. The zero-order valence-electron chi connectivity index (χ0n) is 7.58. The molecular formula is C10H16O2. The molecule has 2 atom stereocenters. The molecule has 0 radical (unpaired) electrons. The Morgan fingerprint density at radius 1 is 1.67 bits per heavy atom. The molecular weight excluding hydrogens is 152 g/mol. The number of allylic oxidation sites excluding steroid dienone is 1. The van der Waals surface area contributed by atoms with E-state index in [9.17, 15) is 4.79 Å². The Balaban J connectivity index is 2.30. The van der Waals surface area contributed by atoms with Gasteiger partial charge in [-0.15, -0.1) is 6.58 Å². The number of hydrogen-bond acceptors (Lipinski definition) is 2.